The predicted molar refractivity (Wildman–Crippen MR) is 45.2 cm³/mol. The molecular formula is C8H11N3. The van der Waals surface area contributed by atoms with Crippen molar-refractivity contribution < 1.29 is 0 Å². The molecule has 11 heavy (non-hydrogen) atoms. The smallest absolute Gasteiger partial charge is 0.229 e. The first kappa shape index (κ1) is 7.72. The molecule has 58 valence electrons. The van der Waals surface area contributed by atoms with Crippen molar-refractivity contribution in [1.29, 1.82) is 0 Å². The zero-order valence-electron chi connectivity index (χ0n) is 6.78. The van der Waals surface area contributed by atoms with E-state index >= 15 is 0 Å². The van der Waals surface area contributed by atoms with Crippen molar-refractivity contribution in [3.63, 3.8) is 0 Å². The van der Waals surface area contributed by atoms with Gasteiger partial charge in [-0.25, -0.2) is 9.97 Å². The second kappa shape index (κ2) is 3.14. The lowest BCUT2D eigenvalue weighted by Crippen LogP contribution is -2.15. The van der Waals surface area contributed by atoms with Crippen LogP contribution in [0.2, 0.25) is 0 Å². The Morgan fingerprint density at radius 1 is 1.45 bits per heavy atom. The Labute approximate surface area is 66.4 Å². The second-order valence-corrected chi connectivity index (χ2v) is 2.34. The summed E-state index contributed by atoms with van der Waals surface area (Å²) >= 11 is 0. The van der Waals surface area contributed by atoms with Crippen LogP contribution < -0.4 is 4.90 Å². The van der Waals surface area contributed by atoms with Gasteiger partial charge < -0.3 is 4.90 Å². The summed E-state index contributed by atoms with van der Waals surface area (Å²) in [5.41, 5.74) is 0.927. The quantitative estimate of drug-likeness (QED) is 0.637. The zero-order chi connectivity index (χ0) is 8.27. The molecule has 0 aliphatic heterocycles. The minimum absolute atomic E-state index is 0.681. The highest BCUT2D eigenvalue weighted by molar-refractivity contribution is 5.35. The van der Waals surface area contributed by atoms with E-state index in [9.17, 15) is 0 Å². The van der Waals surface area contributed by atoms with E-state index in [1.165, 1.54) is 0 Å². The predicted octanol–water partition coefficient (Wildman–Crippen LogP) is 1.45. The summed E-state index contributed by atoms with van der Waals surface area (Å²) in [6.45, 7) is 5.69. The molecule has 1 aromatic heterocycles. The highest BCUT2D eigenvalue weighted by Crippen LogP contribution is 2.06. The number of aromatic nitrogens is 2. The van der Waals surface area contributed by atoms with Crippen LogP contribution in [0, 0.1) is 0 Å². The average Bonchev–Trinajstić information content (AvgIpc) is 2.05. The third kappa shape index (κ3) is 1.77. The molecule has 0 aliphatic carbocycles. The van der Waals surface area contributed by atoms with Crippen molar-refractivity contribution in [3.8, 4) is 0 Å². The molecule has 3 nitrogen and oxygen atoms in total. The van der Waals surface area contributed by atoms with Gasteiger partial charge in [0.05, 0.1) is 0 Å². The van der Waals surface area contributed by atoms with Gasteiger partial charge in [0.2, 0.25) is 5.95 Å². The molecule has 0 radical (unpaired) electrons. The van der Waals surface area contributed by atoms with Gasteiger partial charge in [-0.05, 0) is 13.0 Å². The van der Waals surface area contributed by atoms with Gasteiger partial charge in [0.15, 0.2) is 0 Å². The van der Waals surface area contributed by atoms with E-state index in [0.29, 0.717) is 5.95 Å². The normalized spacial score (nSPS) is 9.27. The first-order valence-electron chi connectivity index (χ1n) is 3.38. The lowest BCUT2D eigenvalue weighted by molar-refractivity contribution is 0.988. The number of hydrogen-bond donors (Lipinski definition) is 0. The molecule has 0 atom stereocenters. The number of nitrogens with zero attached hydrogens (tertiary/aromatic N) is 3. The molecule has 0 amide bonds. The lowest BCUT2D eigenvalue weighted by Gasteiger charge is -2.15. The summed E-state index contributed by atoms with van der Waals surface area (Å²) in [7, 11) is 1.89. The molecule has 0 aromatic carbocycles. The summed E-state index contributed by atoms with van der Waals surface area (Å²) in [5, 5.41) is 0. The number of hydrogen-bond acceptors (Lipinski definition) is 3. The van der Waals surface area contributed by atoms with Gasteiger partial charge in [-0.1, -0.05) is 6.58 Å². The van der Waals surface area contributed by atoms with E-state index in [0.717, 1.165) is 5.70 Å². The fraction of sp³-hybridized carbons (Fsp3) is 0.250. The van der Waals surface area contributed by atoms with Gasteiger partial charge in [-0.3, -0.25) is 0 Å². The molecule has 1 heterocycles. The van der Waals surface area contributed by atoms with Crippen LogP contribution in [0.3, 0.4) is 0 Å². The van der Waals surface area contributed by atoms with Crippen LogP contribution in [0.4, 0.5) is 5.95 Å². The second-order valence-electron chi connectivity index (χ2n) is 2.34. The third-order valence-corrected chi connectivity index (χ3v) is 1.42. The van der Waals surface area contributed by atoms with Crippen LogP contribution in [0.1, 0.15) is 6.92 Å². The summed E-state index contributed by atoms with van der Waals surface area (Å²) in [6.07, 6.45) is 3.42. The zero-order valence-corrected chi connectivity index (χ0v) is 6.78. The van der Waals surface area contributed by atoms with Gasteiger partial charge >= 0.3 is 0 Å². The summed E-state index contributed by atoms with van der Waals surface area (Å²) < 4.78 is 0. The van der Waals surface area contributed by atoms with Crippen LogP contribution in [-0.2, 0) is 0 Å². The molecule has 0 bridgehead atoms. The van der Waals surface area contributed by atoms with Crippen molar-refractivity contribution in [2.75, 3.05) is 11.9 Å². The minimum Gasteiger partial charge on any atom is -0.318 e. The monoisotopic (exact) mass is 149 g/mol. The lowest BCUT2D eigenvalue weighted by atomic mass is 10.5. The van der Waals surface area contributed by atoms with Gasteiger partial charge in [0, 0.05) is 25.1 Å². The van der Waals surface area contributed by atoms with E-state index in [4.69, 9.17) is 0 Å². The van der Waals surface area contributed by atoms with Crippen molar-refractivity contribution >= 4 is 5.95 Å². The Hall–Kier alpha value is -1.38. The Kier molecular flexibility index (Phi) is 2.21. The minimum atomic E-state index is 0.681. The van der Waals surface area contributed by atoms with Crippen molar-refractivity contribution in [3.05, 3.63) is 30.7 Å². The number of rotatable bonds is 2. The van der Waals surface area contributed by atoms with E-state index in [1.54, 1.807) is 18.5 Å². The molecular weight excluding hydrogens is 138 g/mol. The Bertz CT molecular complexity index is 243. The molecule has 1 aromatic rings. The Morgan fingerprint density at radius 2 is 2.00 bits per heavy atom. The van der Waals surface area contributed by atoms with Gasteiger partial charge in [0.25, 0.3) is 0 Å². The van der Waals surface area contributed by atoms with E-state index in [2.05, 4.69) is 16.5 Å². The Morgan fingerprint density at radius 3 is 2.45 bits per heavy atom. The highest BCUT2D eigenvalue weighted by Gasteiger charge is 2.00. The van der Waals surface area contributed by atoms with Gasteiger partial charge in [-0.2, -0.15) is 0 Å². The van der Waals surface area contributed by atoms with Crippen LogP contribution in [0.15, 0.2) is 30.7 Å². The molecule has 0 spiro atoms. The van der Waals surface area contributed by atoms with Crippen LogP contribution in [0.25, 0.3) is 0 Å². The highest BCUT2D eigenvalue weighted by atomic mass is 15.2. The van der Waals surface area contributed by atoms with E-state index in [-0.39, 0.29) is 0 Å². The first-order valence-corrected chi connectivity index (χ1v) is 3.38. The van der Waals surface area contributed by atoms with Crippen LogP contribution in [-0.4, -0.2) is 17.0 Å². The molecule has 3 heteroatoms. The molecule has 0 aliphatic rings. The number of allylic oxidation sites excluding steroid dienone is 1. The van der Waals surface area contributed by atoms with Gasteiger partial charge in [0.1, 0.15) is 0 Å². The summed E-state index contributed by atoms with van der Waals surface area (Å²) in [6, 6.07) is 1.79. The largest absolute Gasteiger partial charge is 0.318 e. The fourth-order valence-electron chi connectivity index (χ4n) is 0.635. The maximum atomic E-state index is 4.05. The van der Waals surface area contributed by atoms with E-state index < -0.39 is 0 Å². The maximum Gasteiger partial charge on any atom is 0.229 e. The first-order chi connectivity index (χ1) is 5.22. The van der Waals surface area contributed by atoms with Crippen molar-refractivity contribution in [2.45, 2.75) is 6.92 Å². The number of anilines is 1. The van der Waals surface area contributed by atoms with Crippen molar-refractivity contribution in [1.82, 2.24) is 9.97 Å². The fourth-order valence-corrected chi connectivity index (χ4v) is 0.635. The van der Waals surface area contributed by atoms with Crippen molar-refractivity contribution in [2.24, 2.45) is 0 Å². The SMILES string of the molecule is C=C(C)N(C)c1ncccn1. The average molecular weight is 149 g/mol. The third-order valence-electron chi connectivity index (χ3n) is 1.42. The standard InChI is InChI=1S/C8H11N3/c1-7(2)11(3)8-9-5-4-6-10-8/h4-6H,1H2,2-3H3. The van der Waals surface area contributed by atoms with Gasteiger partial charge in [-0.15, -0.1) is 0 Å². The summed E-state index contributed by atoms with van der Waals surface area (Å²) in [5.74, 6) is 0.681. The van der Waals surface area contributed by atoms with E-state index in [1.807, 2.05) is 18.9 Å². The molecule has 0 saturated heterocycles. The molecule has 0 saturated carbocycles. The maximum absolute atomic E-state index is 4.05. The van der Waals surface area contributed by atoms with Crippen LogP contribution in [0.5, 0.6) is 0 Å². The molecule has 0 fully saturated rings. The molecule has 1 rings (SSSR count). The molecule has 0 N–H and O–H groups in total. The Balaban J connectivity index is 2.85. The van der Waals surface area contributed by atoms with Crippen LogP contribution >= 0.6 is 0 Å². The topological polar surface area (TPSA) is 29.0 Å². The summed E-state index contributed by atoms with van der Waals surface area (Å²) in [4.78, 5) is 9.94. The molecule has 0 unspecified atom stereocenters.